The zero-order valence-corrected chi connectivity index (χ0v) is 25.2. The maximum atomic E-state index is 4.73. The minimum absolute atomic E-state index is 1.01. The Morgan fingerprint density at radius 1 is 0.283 bits per heavy atom. The summed E-state index contributed by atoms with van der Waals surface area (Å²) in [6, 6.07) is 61.6. The van der Waals surface area contributed by atoms with Crippen LogP contribution < -0.4 is 0 Å². The quantitative estimate of drug-likeness (QED) is 0.148. The minimum atomic E-state index is 1.01. The van der Waals surface area contributed by atoms with E-state index in [0.29, 0.717) is 0 Å². The van der Waals surface area contributed by atoms with Crippen molar-refractivity contribution in [3.8, 4) is 44.5 Å². The van der Waals surface area contributed by atoms with Gasteiger partial charge in [0.25, 0.3) is 0 Å². The molecule has 0 saturated heterocycles. The van der Waals surface area contributed by atoms with Gasteiger partial charge in [-0.3, -0.25) is 4.98 Å². The fraction of sp³-hybridized carbons (Fsp3) is 0. The number of hydrogen-bond acceptors (Lipinski definition) is 1. The van der Waals surface area contributed by atoms with Crippen molar-refractivity contribution in [1.29, 1.82) is 0 Å². The van der Waals surface area contributed by atoms with E-state index in [1.165, 1.54) is 82.2 Å². The van der Waals surface area contributed by atoms with E-state index in [1.807, 2.05) is 12.3 Å². The highest BCUT2D eigenvalue weighted by Crippen LogP contribution is 2.45. The van der Waals surface area contributed by atoms with Gasteiger partial charge in [0.1, 0.15) is 0 Å². The van der Waals surface area contributed by atoms with Crippen LogP contribution in [-0.4, -0.2) is 4.98 Å². The summed E-state index contributed by atoms with van der Waals surface area (Å²) >= 11 is 0. The Bertz CT molecular complexity index is 2570. The van der Waals surface area contributed by atoms with Crippen LogP contribution in [0.3, 0.4) is 0 Å². The van der Waals surface area contributed by atoms with E-state index >= 15 is 0 Å². The van der Waals surface area contributed by atoms with Gasteiger partial charge in [-0.2, -0.15) is 0 Å². The average molecular weight is 584 g/mol. The lowest BCUT2D eigenvalue weighted by atomic mass is 9.84. The smallest absolute Gasteiger partial charge is 0.0714 e. The molecule has 1 aromatic heterocycles. The average Bonchev–Trinajstić information content (AvgIpc) is 3.14. The number of aromatic nitrogens is 1. The first-order chi connectivity index (χ1) is 22.8. The Hall–Kier alpha value is -6.05. The van der Waals surface area contributed by atoms with E-state index in [2.05, 4.69) is 164 Å². The summed E-state index contributed by atoms with van der Waals surface area (Å²) in [4.78, 5) is 4.73. The number of nitrogens with zero attached hydrogens (tertiary/aromatic N) is 1. The molecule has 46 heavy (non-hydrogen) atoms. The fourth-order valence-electron chi connectivity index (χ4n) is 7.22. The molecule has 0 unspecified atom stereocenters. The molecular formula is C45H29N. The van der Waals surface area contributed by atoms with Gasteiger partial charge in [-0.25, -0.2) is 0 Å². The molecule has 0 N–H and O–H groups in total. The molecule has 1 heterocycles. The van der Waals surface area contributed by atoms with E-state index in [9.17, 15) is 0 Å². The summed E-state index contributed by atoms with van der Waals surface area (Å²) < 4.78 is 0. The van der Waals surface area contributed by atoms with Crippen molar-refractivity contribution in [2.24, 2.45) is 0 Å². The second kappa shape index (κ2) is 10.8. The first-order valence-electron chi connectivity index (χ1n) is 15.8. The Morgan fingerprint density at radius 2 is 0.804 bits per heavy atom. The van der Waals surface area contributed by atoms with Gasteiger partial charge >= 0.3 is 0 Å². The molecular weight excluding hydrogens is 555 g/mol. The van der Waals surface area contributed by atoms with E-state index in [1.54, 1.807) is 0 Å². The van der Waals surface area contributed by atoms with Crippen molar-refractivity contribution in [1.82, 2.24) is 4.98 Å². The molecule has 0 radical (unpaired) electrons. The molecule has 0 aliphatic carbocycles. The number of benzene rings is 8. The van der Waals surface area contributed by atoms with E-state index in [-0.39, 0.29) is 0 Å². The molecule has 0 amide bonds. The molecule has 0 saturated carbocycles. The zero-order valence-electron chi connectivity index (χ0n) is 25.2. The molecule has 9 aromatic rings. The van der Waals surface area contributed by atoms with Gasteiger partial charge in [-0.15, -0.1) is 0 Å². The van der Waals surface area contributed by atoms with Gasteiger partial charge in [-0.1, -0.05) is 146 Å². The second-order valence-corrected chi connectivity index (χ2v) is 11.9. The number of pyridine rings is 1. The molecule has 214 valence electrons. The lowest BCUT2D eigenvalue weighted by molar-refractivity contribution is 1.42. The van der Waals surface area contributed by atoms with Crippen molar-refractivity contribution in [3.05, 3.63) is 176 Å². The van der Waals surface area contributed by atoms with Crippen LogP contribution in [0.15, 0.2) is 176 Å². The van der Waals surface area contributed by atoms with Crippen LogP contribution >= 0.6 is 0 Å². The van der Waals surface area contributed by atoms with Crippen molar-refractivity contribution in [2.45, 2.75) is 0 Å². The molecule has 0 bridgehead atoms. The van der Waals surface area contributed by atoms with Gasteiger partial charge < -0.3 is 0 Å². The lowest BCUT2D eigenvalue weighted by Gasteiger charge is -2.19. The third-order valence-corrected chi connectivity index (χ3v) is 9.28. The molecule has 8 aromatic carbocycles. The zero-order chi connectivity index (χ0) is 30.5. The largest absolute Gasteiger partial charge is 0.256 e. The van der Waals surface area contributed by atoms with Crippen LogP contribution in [0.2, 0.25) is 0 Å². The standard InChI is InChI=1S/C45H29N/c1-3-13-30(14-4-1)44-38-21-9-10-22-39(38)45(31-15-5-2-6-16-31)42-28-33(24-25-40(42)44)32-17-11-18-34(27-32)41-29-43-37(23-12-26-46-43)35-19-7-8-20-36(35)41/h1-29H. The molecule has 0 fully saturated rings. The first-order valence-corrected chi connectivity index (χ1v) is 15.8. The number of rotatable bonds is 4. The molecule has 0 aliphatic heterocycles. The lowest BCUT2D eigenvalue weighted by Crippen LogP contribution is -1.92. The maximum Gasteiger partial charge on any atom is 0.0714 e. The van der Waals surface area contributed by atoms with E-state index in [0.717, 1.165) is 5.52 Å². The SMILES string of the molecule is c1ccc(-c2c3ccccc3c(-c3ccccc3)c3cc(-c4cccc(-c5cc6ncccc6c6ccccc56)c4)ccc23)cc1. The van der Waals surface area contributed by atoms with Gasteiger partial charge in [0.2, 0.25) is 0 Å². The fourth-order valence-corrected chi connectivity index (χ4v) is 7.22. The maximum absolute atomic E-state index is 4.73. The highest BCUT2D eigenvalue weighted by atomic mass is 14.6. The predicted octanol–water partition coefficient (Wildman–Crippen LogP) is 12.4. The summed E-state index contributed by atoms with van der Waals surface area (Å²) in [6.45, 7) is 0. The van der Waals surface area contributed by atoms with Crippen LogP contribution in [0.4, 0.5) is 0 Å². The van der Waals surface area contributed by atoms with Crippen molar-refractivity contribution in [2.75, 3.05) is 0 Å². The van der Waals surface area contributed by atoms with Crippen LogP contribution in [0.5, 0.6) is 0 Å². The predicted molar refractivity (Wildman–Crippen MR) is 196 cm³/mol. The summed E-state index contributed by atoms with van der Waals surface area (Å²) in [6.07, 6.45) is 1.88. The molecule has 1 nitrogen and oxygen atoms in total. The Morgan fingerprint density at radius 3 is 1.52 bits per heavy atom. The molecule has 0 spiro atoms. The normalized spacial score (nSPS) is 11.5. The van der Waals surface area contributed by atoms with Crippen LogP contribution in [0.1, 0.15) is 0 Å². The molecule has 0 atom stereocenters. The Kier molecular flexibility index (Phi) is 6.21. The number of hydrogen-bond donors (Lipinski definition) is 0. The van der Waals surface area contributed by atoms with Crippen molar-refractivity contribution < 1.29 is 0 Å². The van der Waals surface area contributed by atoms with Gasteiger partial charge in [0.15, 0.2) is 0 Å². The van der Waals surface area contributed by atoms with Gasteiger partial charge in [0, 0.05) is 11.6 Å². The topological polar surface area (TPSA) is 12.9 Å². The van der Waals surface area contributed by atoms with Crippen molar-refractivity contribution >= 4 is 43.2 Å². The minimum Gasteiger partial charge on any atom is -0.256 e. The first kappa shape index (κ1) is 26.4. The molecule has 9 rings (SSSR count). The summed E-state index contributed by atoms with van der Waals surface area (Å²) in [5.41, 5.74) is 10.8. The van der Waals surface area contributed by atoms with Gasteiger partial charge in [0.05, 0.1) is 5.52 Å². The molecule has 0 aliphatic rings. The summed E-state index contributed by atoms with van der Waals surface area (Å²) in [5.74, 6) is 0. The monoisotopic (exact) mass is 583 g/mol. The molecule has 1 heteroatoms. The number of fused-ring (bicyclic) bond motifs is 5. The highest BCUT2D eigenvalue weighted by molar-refractivity contribution is 6.22. The third-order valence-electron chi connectivity index (χ3n) is 9.28. The van der Waals surface area contributed by atoms with Gasteiger partial charge in [-0.05, 0) is 101 Å². The van der Waals surface area contributed by atoms with E-state index in [4.69, 9.17) is 4.98 Å². The second-order valence-electron chi connectivity index (χ2n) is 11.9. The van der Waals surface area contributed by atoms with Crippen LogP contribution in [-0.2, 0) is 0 Å². The Labute approximate surface area is 268 Å². The third kappa shape index (κ3) is 4.29. The summed E-state index contributed by atoms with van der Waals surface area (Å²) in [7, 11) is 0. The van der Waals surface area contributed by atoms with Crippen molar-refractivity contribution in [3.63, 3.8) is 0 Å². The summed E-state index contributed by atoms with van der Waals surface area (Å²) in [5, 5.41) is 8.70. The van der Waals surface area contributed by atoms with Crippen LogP contribution in [0, 0.1) is 0 Å². The van der Waals surface area contributed by atoms with E-state index < -0.39 is 0 Å². The Balaban J connectivity index is 1.30. The van der Waals surface area contributed by atoms with Crippen LogP contribution in [0.25, 0.3) is 87.7 Å². The highest BCUT2D eigenvalue weighted by Gasteiger charge is 2.17.